The van der Waals surface area contributed by atoms with Gasteiger partial charge in [-0.2, -0.15) is 0 Å². The summed E-state index contributed by atoms with van der Waals surface area (Å²) in [6.45, 7) is 0. The van der Waals surface area contributed by atoms with Gasteiger partial charge in [0, 0.05) is 44.6 Å². The van der Waals surface area contributed by atoms with Gasteiger partial charge in [0.05, 0.1) is 22.2 Å². The smallest absolute Gasteiger partial charge is 0.0713 e. The van der Waals surface area contributed by atoms with Gasteiger partial charge in [-0.1, -0.05) is 473 Å². The lowest BCUT2D eigenvalue weighted by Crippen LogP contribution is -2.28. The van der Waals surface area contributed by atoms with Gasteiger partial charge in [0.1, 0.15) is 0 Å². The van der Waals surface area contributed by atoms with Gasteiger partial charge in [0.25, 0.3) is 0 Å². The standard InChI is InChI=1S/C132H88N2/c1-8-35-89(36-9-1)91-63-65-92(66-64-91)93-67-69-94(70-68-93)95-73-77-107(78-74-95)133(129-119-59-28-24-53-113(119)111-51-22-26-57-117(111)127(129)97-39-12-3-13-40-97)108-79-81-126-121(87-108)116-56-31-33-62-124(116)132(126,105-49-20-7-21-50-105)106-75-71-96(72-76-106)99-43-34-44-100(83-99)102-84-101(90-37-10-2-11-38-90)85-110(86-102)134(130-120-60-29-25-54-114(120)112-52-23-27-58-118(112)128(130)98-41-14-4-15-42-98)109-80-82-125-122(88-109)115-55-30-32-61-123(115)131(125,103-45-16-5-17-46-103)104-47-18-6-19-48-104/h1-88H. The predicted octanol–water partition coefficient (Wildman–Crippen LogP) is 35.3. The molecular weight excluding hydrogens is 1610 g/mol. The van der Waals surface area contributed by atoms with Crippen LogP contribution < -0.4 is 9.80 Å². The molecule has 0 N–H and O–H groups in total. The van der Waals surface area contributed by atoms with Crippen LogP contribution in [0.2, 0.25) is 0 Å². The Labute approximate surface area is 781 Å². The lowest BCUT2D eigenvalue weighted by atomic mass is 9.67. The Bertz CT molecular complexity index is 8370. The van der Waals surface area contributed by atoms with E-state index in [0.717, 1.165) is 101 Å². The van der Waals surface area contributed by atoms with Crippen LogP contribution >= 0.6 is 0 Å². The summed E-state index contributed by atoms with van der Waals surface area (Å²) in [7, 11) is 0. The second kappa shape index (κ2) is 33.0. The van der Waals surface area contributed by atoms with E-state index in [9.17, 15) is 0 Å². The Morgan fingerprint density at radius 1 is 0.127 bits per heavy atom. The average Bonchev–Trinajstić information content (AvgIpc) is 1.53. The van der Waals surface area contributed by atoms with Crippen molar-refractivity contribution in [3.63, 3.8) is 0 Å². The zero-order valence-corrected chi connectivity index (χ0v) is 73.7. The monoisotopic (exact) mass is 1700 g/mol. The van der Waals surface area contributed by atoms with Crippen LogP contribution in [-0.2, 0) is 10.8 Å². The van der Waals surface area contributed by atoms with Crippen molar-refractivity contribution in [3.05, 3.63) is 578 Å². The molecule has 0 heterocycles. The fourth-order valence-corrected chi connectivity index (χ4v) is 22.4. The van der Waals surface area contributed by atoms with Crippen LogP contribution in [0, 0.1) is 0 Å². The predicted molar refractivity (Wildman–Crippen MR) is 564 cm³/mol. The largest absolute Gasteiger partial charge is 0.309 e. The minimum Gasteiger partial charge on any atom is -0.309 e. The number of anilines is 6. The molecule has 0 spiro atoms. The minimum atomic E-state index is -0.712. The van der Waals surface area contributed by atoms with E-state index in [1.165, 1.54) is 132 Å². The van der Waals surface area contributed by atoms with Gasteiger partial charge >= 0.3 is 0 Å². The van der Waals surface area contributed by atoms with Crippen LogP contribution in [0.4, 0.5) is 34.1 Å². The zero-order chi connectivity index (χ0) is 88.6. The Hall–Kier alpha value is -17.3. The quantitative estimate of drug-likeness (QED) is 0.0790. The molecule has 1 unspecified atom stereocenters. The van der Waals surface area contributed by atoms with Gasteiger partial charge in [-0.15, -0.1) is 0 Å². The van der Waals surface area contributed by atoms with Gasteiger partial charge in [0.15, 0.2) is 0 Å². The summed E-state index contributed by atoms with van der Waals surface area (Å²) >= 11 is 0. The molecule has 2 aliphatic rings. The van der Waals surface area contributed by atoms with Crippen LogP contribution in [0.3, 0.4) is 0 Å². The van der Waals surface area contributed by atoms with Crippen LogP contribution in [0.5, 0.6) is 0 Å². The number of nitrogens with zero attached hydrogens (tertiary/aromatic N) is 2. The normalized spacial score (nSPS) is 13.3. The first-order chi connectivity index (χ1) is 66.5. The first-order valence-corrected chi connectivity index (χ1v) is 46.5. The second-order valence-electron chi connectivity index (χ2n) is 35.5. The Morgan fingerprint density at radius 3 is 0.776 bits per heavy atom. The lowest BCUT2D eigenvalue weighted by molar-refractivity contribution is 0.768. The highest BCUT2D eigenvalue weighted by atomic mass is 15.2. The number of hydrogen-bond acceptors (Lipinski definition) is 2. The Morgan fingerprint density at radius 2 is 0.373 bits per heavy atom. The fraction of sp³-hybridized carbons (Fsp3) is 0.0152. The van der Waals surface area contributed by atoms with Crippen LogP contribution in [0.1, 0.15) is 44.5 Å². The van der Waals surface area contributed by atoms with E-state index in [1.807, 2.05) is 0 Å². The van der Waals surface area contributed by atoms with Crippen LogP contribution in [0.25, 0.3) is 154 Å². The molecule has 2 heteroatoms. The first kappa shape index (κ1) is 78.9. The molecule has 0 fully saturated rings. The van der Waals surface area contributed by atoms with E-state index in [-0.39, 0.29) is 0 Å². The molecule has 0 amide bonds. The lowest BCUT2D eigenvalue weighted by Gasteiger charge is -2.35. The molecule has 0 aromatic heterocycles. The molecule has 25 rings (SSSR count). The summed E-state index contributed by atoms with van der Waals surface area (Å²) in [5.74, 6) is 0. The summed E-state index contributed by atoms with van der Waals surface area (Å²) in [6, 6.07) is 200. The summed E-state index contributed by atoms with van der Waals surface area (Å²) in [6.07, 6.45) is 0. The molecule has 0 aliphatic heterocycles. The maximum Gasteiger partial charge on any atom is 0.0713 e. The summed E-state index contributed by atoms with van der Waals surface area (Å²) in [5, 5.41) is 9.52. The number of benzene rings is 23. The van der Waals surface area contributed by atoms with Crippen molar-refractivity contribution in [2.24, 2.45) is 0 Å². The van der Waals surface area contributed by atoms with Gasteiger partial charge in [-0.3, -0.25) is 0 Å². The van der Waals surface area contributed by atoms with Gasteiger partial charge < -0.3 is 9.80 Å². The summed E-state index contributed by atoms with van der Waals surface area (Å²) in [5.41, 5.74) is 38.2. The van der Waals surface area contributed by atoms with Crippen molar-refractivity contribution in [2.75, 3.05) is 9.80 Å². The highest BCUT2D eigenvalue weighted by Crippen LogP contribution is 2.62. The third kappa shape index (κ3) is 13.1. The zero-order valence-electron chi connectivity index (χ0n) is 73.7. The van der Waals surface area contributed by atoms with E-state index >= 15 is 0 Å². The number of rotatable bonds is 18. The molecule has 1 atom stereocenters. The van der Waals surface area contributed by atoms with E-state index in [2.05, 4.69) is 544 Å². The molecular formula is C132H88N2. The first-order valence-electron chi connectivity index (χ1n) is 46.5. The van der Waals surface area contributed by atoms with Crippen molar-refractivity contribution in [2.45, 2.75) is 10.8 Å². The topological polar surface area (TPSA) is 6.48 Å². The maximum atomic E-state index is 2.60. The van der Waals surface area contributed by atoms with Crippen molar-refractivity contribution in [1.82, 2.24) is 0 Å². The average molecular weight is 1700 g/mol. The van der Waals surface area contributed by atoms with Crippen molar-refractivity contribution < 1.29 is 0 Å². The van der Waals surface area contributed by atoms with Gasteiger partial charge in [-0.05, 0) is 238 Å². The van der Waals surface area contributed by atoms with E-state index in [4.69, 9.17) is 0 Å². The molecule has 0 saturated carbocycles. The third-order valence-corrected chi connectivity index (χ3v) is 28.4. The summed E-state index contributed by atoms with van der Waals surface area (Å²) in [4.78, 5) is 5.15. The molecule has 134 heavy (non-hydrogen) atoms. The van der Waals surface area contributed by atoms with Crippen molar-refractivity contribution in [1.29, 1.82) is 0 Å². The molecule has 2 aliphatic carbocycles. The molecule has 0 bridgehead atoms. The number of fused-ring (bicyclic) bond motifs is 12. The van der Waals surface area contributed by atoms with Gasteiger partial charge in [0.2, 0.25) is 0 Å². The highest BCUT2D eigenvalue weighted by molar-refractivity contribution is 6.24. The van der Waals surface area contributed by atoms with E-state index in [0.29, 0.717) is 0 Å². The summed E-state index contributed by atoms with van der Waals surface area (Å²) < 4.78 is 0. The minimum absolute atomic E-state index is 0.588. The molecule has 0 saturated heterocycles. The molecule has 23 aromatic rings. The van der Waals surface area contributed by atoms with Crippen LogP contribution in [-0.4, -0.2) is 0 Å². The van der Waals surface area contributed by atoms with Crippen LogP contribution in [0.15, 0.2) is 534 Å². The Balaban J connectivity index is 0.635. The Kier molecular flexibility index (Phi) is 19.4. The van der Waals surface area contributed by atoms with Gasteiger partial charge in [-0.25, -0.2) is 0 Å². The molecule has 23 aromatic carbocycles. The highest BCUT2D eigenvalue weighted by Gasteiger charge is 2.48. The van der Waals surface area contributed by atoms with E-state index < -0.39 is 10.8 Å². The fourth-order valence-electron chi connectivity index (χ4n) is 22.4. The SMILES string of the molecule is c1ccc(-c2ccc(-c3ccc(-c4ccc(N(c5ccc6c(c5)-c5ccccc5C6(c5ccccc5)c5ccc(-c6cccc(-c7cc(-c8ccccc8)cc(N(c8ccc9c(c8)-c8ccccc8C9(c8ccccc8)c8ccccc8)c8c(-c9ccccc9)c9ccccc9c9ccccc89)c7)c6)cc5)c5c(-c6ccccc6)c6ccccc6c6ccccc56)cc4)cc3)cc2)cc1. The van der Waals surface area contributed by atoms with Crippen molar-refractivity contribution >= 4 is 77.2 Å². The molecule has 2 nitrogen and oxygen atoms in total. The third-order valence-electron chi connectivity index (χ3n) is 28.4. The molecule has 0 radical (unpaired) electrons. The number of hydrogen-bond donors (Lipinski definition) is 0. The molecule has 626 valence electrons. The second-order valence-corrected chi connectivity index (χ2v) is 35.5. The van der Waals surface area contributed by atoms with E-state index in [1.54, 1.807) is 0 Å². The van der Waals surface area contributed by atoms with Crippen molar-refractivity contribution in [3.8, 4) is 111 Å². The maximum absolute atomic E-state index is 2.60.